The second kappa shape index (κ2) is 4.72. The van der Waals surface area contributed by atoms with E-state index in [0.29, 0.717) is 12.3 Å². The van der Waals surface area contributed by atoms with Crippen molar-refractivity contribution in [3.63, 3.8) is 0 Å². The van der Waals surface area contributed by atoms with Crippen LogP contribution in [0.2, 0.25) is 0 Å². The first-order chi connectivity index (χ1) is 8.17. The van der Waals surface area contributed by atoms with Crippen LogP contribution in [-0.2, 0) is 0 Å². The zero-order valence-electron chi connectivity index (χ0n) is 10.2. The Bertz CT molecular complexity index is 538. The monoisotopic (exact) mass is 231 g/mol. The summed E-state index contributed by atoms with van der Waals surface area (Å²) in [5.41, 5.74) is 7.42. The SMILES string of the molecule is CCC(CN)C(=O)c1cc2cccc(C)c2o1. The van der Waals surface area contributed by atoms with E-state index in [1.807, 2.05) is 38.1 Å². The van der Waals surface area contributed by atoms with Gasteiger partial charge in [-0.3, -0.25) is 4.79 Å². The molecule has 1 aromatic heterocycles. The lowest BCUT2D eigenvalue weighted by Gasteiger charge is -2.07. The van der Waals surface area contributed by atoms with Crippen LogP contribution in [0.1, 0.15) is 29.5 Å². The lowest BCUT2D eigenvalue weighted by atomic mass is 9.99. The Morgan fingerprint density at radius 3 is 2.82 bits per heavy atom. The number of para-hydroxylation sites is 1. The molecule has 0 saturated carbocycles. The van der Waals surface area contributed by atoms with Crippen LogP contribution in [-0.4, -0.2) is 12.3 Å². The summed E-state index contributed by atoms with van der Waals surface area (Å²) in [7, 11) is 0. The van der Waals surface area contributed by atoms with Gasteiger partial charge in [0.25, 0.3) is 0 Å². The number of ketones is 1. The first-order valence-electron chi connectivity index (χ1n) is 5.90. The van der Waals surface area contributed by atoms with Crippen molar-refractivity contribution in [2.24, 2.45) is 11.7 Å². The summed E-state index contributed by atoms with van der Waals surface area (Å²) in [6.45, 7) is 4.30. The lowest BCUT2D eigenvalue weighted by molar-refractivity contribution is 0.0895. The third kappa shape index (κ3) is 2.11. The molecule has 90 valence electrons. The molecule has 2 aromatic rings. The molecule has 1 unspecified atom stereocenters. The highest BCUT2D eigenvalue weighted by atomic mass is 16.3. The molecular weight excluding hydrogens is 214 g/mol. The van der Waals surface area contributed by atoms with Crippen molar-refractivity contribution in [3.05, 3.63) is 35.6 Å². The largest absolute Gasteiger partial charge is 0.453 e. The molecule has 1 aromatic carbocycles. The van der Waals surface area contributed by atoms with Crippen LogP contribution >= 0.6 is 0 Å². The molecule has 0 aliphatic rings. The molecule has 3 nitrogen and oxygen atoms in total. The van der Waals surface area contributed by atoms with Gasteiger partial charge in [-0.2, -0.15) is 0 Å². The van der Waals surface area contributed by atoms with E-state index < -0.39 is 0 Å². The number of benzene rings is 1. The van der Waals surface area contributed by atoms with Crippen LogP contribution in [0.15, 0.2) is 28.7 Å². The molecule has 2 N–H and O–H groups in total. The number of Topliss-reactive ketones (excluding diaryl/α,β-unsaturated/α-hetero) is 1. The Balaban J connectivity index is 2.43. The lowest BCUT2D eigenvalue weighted by Crippen LogP contribution is -2.22. The molecule has 0 aliphatic heterocycles. The fourth-order valence-corrected chi connectivity index (χ4v) is 1.99. The molecule has 17 heavy (non-hydrogen) atoms. The molecule has 2 rings (SSSR count). The number of carbonyl (C=O) groups excluding carboxylic acids is 1. The Hall–Kier alpha value is -1.61. The van der Waals surface area contributed by atoms with Gasteiger partial charge in [0.15, 0.2) is 5.76 Å². The smallest absolute Gasteiger partial charge is 0.202 e. The predicted molar refractivity (Wildman–Crippen MR) is 68.1 cm³/mol. The van der Waals surface area contributed by atoms with Crippen molar-refractivity contribution in [1.82, 2.24) is 0 Å². The van der Waals surface area contributed by atoms with Gasteiger partial charge in [0, 0.05) is 17.8 Å². The molecule has 0 spiro atoms. The van der Waals surface area contributed by atoms with E-state index in [9.17, 15) is 4.79 Å². The normalized spacial score (nSPS) is 12.9. The molecule has 0 fully saturated rings. The highest BCUT2D eigenvalue weighted by molar-refractivity contribution is 5.99. The summed E-state index contributed by atoms with van der Waals surface area (Å²) in [5, 5.41) is 0.972. The van der Waals surface area contributed by atoms with E-state index in [1.165, 1.54) is 0 Å². The summed E-state index contributed by atoms with van der Waals surface area (Å²) in [4.78, 5) is 12.1. The summed E-state index contributed by atoms with van der Waals surface area (Å²) < 4.78 is 5.64. The maximum Gasteiger partial charge on any atom is 0.202 e. The van der Waals surface area contributed by atoms with Crippen molar-refractivity contribution in [2.75, 3.05) is 6.54 Å². The second-order valence-electron chi connectivity index (χ2n) is 4.31. The predicted octanol–water partition coefficient (Wildman–Crippen LogP) is 2.91. The zero-order chi connectivity index (χ0) is 12.4. The minimum Gasteiger partial charge on any atom is -0.453 e. The van der Waals surface area contributed by atoms with Crippen LogP contribution in [0.4, 0.5) is 0 Å². The number of rotatable bonds is 4. The number of hydrogen-bond acceptors (Lipinski definition) is 3. The maximum atomic E-state index is 12.1. The van der Waals surface area contributed by atoms with Crippen molar-refractivity contribution in [3.8, 4) is 0 Å². The third-order valence-electron chi connectivity index (χ3n) is 3.13. The van der Waals surface area contributed by atoms with Gasteiger partial charge in [-0.15, -0.1) is 0 Å². The van der Waals surface area contributed by atoms with Crippen molar-refractivity contribution in [2.45, 2.75) is 20.3 Å². The van der Waals surface area contributed by atoms with Crippen molar-refractivity contribution >= 4 is 16.8 Å². The van der Waals surface area contributed by atoms with Gasteiger partial charge in [-0.05, 0) is 25.0 Å². The van der Waals surface area contributed by atoms with Crippen molar-refractivity contribution < 1.29 is 9.21 Å². The molecule has 1 heterocycles. The van der Waals surface area contributed by atoms with Gasteiger partial charge >= 0.3 is 0 Å². The first-order valence-corrected chi connectivity index (χ1v) is 5.90. The first kappa shape index (κ1) is 11.9. The van der Waals surface area contributed by atoms with Crippen molar-refractivity contribution in [1.29, 1.82) is 0 Å². The van der Waals surface area contributed by atoms with Gasteiger partial charge in [0.1, 0.15) is 5.58 Å². The third-order valence-corrected chi connectivity index (χ3v) is 3.13. The van der Waals surface area contributed by atoms with Crippen LogP contribution in [0.5, 0.6) is 0 Å². The molecule has 0 amide bonds. The second-order valence-corrected chi connectivity index (χ2v) is 4.31. The van der Waals surface area contributed by atoms with Gasteiger partial charge in [-0.25, -0.2) is 0 Å². The van der Waals surface area contributed by atoms with Gasteiger partial charge < -0.3 is 10.2 Å². The molecule has 0 radical (unpaired) electrons. The minimum atomic E-state index is -0.143. The van der Waals surface area contributed by atoms with Gasteiger partial charge in [0.05, 0.1) is 0 Å². The fraction of sp³-hybridized carbons (Fsp3) is 0.357. The van der Waals surface area contributed by atoms with Gasteiger partial charge in [0.2, 0.25) is 5.78 Å². The van der Waals surface area contributed by atoms with E-state index in [4.69, 9.17) is 10.2 Å². The number of aryl methyl sites for hydroxylation is 1. The number of fused-ring (bicyclic) bond motifs is 1. The van der Waals surface area contributed by atoms with Crippen LogP contribution in [0.3, 0.4) is 0 Å². The Morgan fingerprint density at radius 2 is 2.24 bits per heavy atom. The summed E-state index contributed by atoms with van der Waals surface area (Å²) in [6, 6.07) is 7.69. The molecule has 0 aliphatic carbocycles. The summed E-state index contributed by atoms with van der Waals surface area (Å²) in [6.07, 6.45) is 0.741. The summed E-state index contributed by atoms with van der Waals surface area (Å²) in [5.74, 6) is 0.285. The molecule has 3 heteroatoms. The topological polar surface area (TPSA) is 56.2 Å². The quantitative estimate of drug-likeness (QED) is 0.823. The van der Waals surface area contributed by atoms with E-state index in [2.05, 4.69) is 0 Å². The van der Waals surface area contributed by atoms with E-state index in [1.54, 1.807) is 0 Å². The number of furan rings is 1. The Kier molecular flexibility index (Phi) is 3.29. The Morgan fingerprint density at radius 1 is 1.47 bits per heavy atom. The molecule has 0 bridgehead atoms. The summed E-state index contributed by atoms with van der Waals surface area (Å²) >= 11 is 0. The molecule has 1 atom stereocenters. The number of carbonyl (C=O) groups is 1. The average Bonchev–Trinajstić information content (AvgIpc) is 2.76. The zero-order valence-corrected chi connectivity index (χ0v) is 10.2. The standard InChI is InChI=1S/C14H17NO2/c1-3-10(8-15)13(16)12-7-11-6-4-5-9(2)14(11)17-12/h4-7,10H,3,8,15H2,1-2H3. The van der Waals surface area contributed by atoms with Crippen LogP contribution in [0.25, 0.3) is 11.0 Å². The molecule has 0 saturated heterocycles. The highest BCUT2D eigenvalue weighted by Gasteiger charge is 2.20. The highest BCUT2D eigenvalue weighted by Crippen LogP contribution is 2.24. The van der Waals surface area contributed by atoms with Gasteiger partial charge in [-0.1, -0.05) is 25.1 Å². The average molecular weight is 231 g/mol. The maximum absolute atomic E-state index is 12.1. The fourth-order valence-electron chi connectivity index (χ4n) is 1.99. The van der Waals surface area contributed by atoms with Crippen LogP contribution < -0.4 is 5.73 Å². The van der Waals surface area contributed by atoms with Crippen LogP contribution in [0, 0.1) is 12.8 Å². The minimum absolute atomic E-state index is 0.00519. The Labute approximate surface area is 101 Å². The molecular formula is C14H17NO2. The number of hydrogen-bond donors (Lipinski definition) is 1. The number of nitrogens with two attached hydrogens (primary N) is 1. The van der Waals surface area contributed by atoms with E-state index in [0.717, 1.165) is 23.0 Å². The van der Waals surface area contributed by atoms with E-state index in [-0.39, 0.29) is 11.7 Å². The van der Waals surface area contributed by atoms with E-state index >= 15 is 0 Å².